The quantitative estimate of drug-likeness (QED) is 0.695. The van der Waals surface area contributed by atoms with Crippen LogP contribution in [0.15, 0.2) is 12.4 Å². The third kappa shape index (κ3) is 7.30. The van der Waals surface area contributed by atoms with Gasteiger partial charge in [0.1, 0.15) is 5.82 Å². The molecule has 1 N–H and O–H groups in total. The molecule has 1 aromatic heterocycles. The van der Waals surface area contributed by atoms with Gasteiger partial charge in [0.05, 0.1) is 19.8 Å². The minimum absolute atomic E-state index is 0.111. The normalized spacial score (nSPS) is 12.0. The van der Waals surface area contributed by atoms with Crippen LogP contribution in [0.25, 0.3) is 0 Å². The Bertz CT molecular complexity index is 345. The molecule has 5 nitrogen and oxygen atoms in total. The molecule has 5 heteroatoms. The summed E-state index contributed by atoms with van der Waals surface area (Å²) in [6.45, 7) is 10.3. The van der Waals surface area contributed by atoms with Crippen molar-refractivity contribution in [2.45, 2.75) is 45.8 Å². The molecule has 0 radical (unpaired) electrons. The van der Waals surface area contributed by atoms with Crippen LogP contribution in [0.2, 0.25) is 0 Å². The second-order valence-electron chi connectivity index (χ2n) is 5.60. The number of nitrogens with zero attached hydrogens (tertiary/aromatic N) is 2. The highest BCUT2D eigenvalue weighted by molar-refractivity contribution is 4.93. The summed E-state index contributed by atoms with van der Waals surface area (Å²) in [5.41, 5.74) is 0.111. The van der Waals surface area contributed by atoms with Gasteiger partial charge in [-0.1, -0.05) is 0 Å². The molecule has 1 aromatic rings. The molecule has 0 unspecified atom stereocenters. The second kappa shape index (κ2) is 8.30. The predicted octanol–water partition coefficient (Wildman–Crippen LogP) is 1.82. The van der Waals surface area contributed by atoms with Gasteiger partial charge >= 0.3 is 0 Å². The molecular formula is C14H27N3O2. The van der Waals surface area contributed by atoms with Gasteiger partial charge in [0.15, 0.2) is 0 Å². The van der Waals surface area contributed by atoms with Crippen LogP contribution in [-0.2, 0) is 22.6 Å². The van der Waals surface area contributed by atoms with E-state index in [9.17, 15) is 0 Å². The molecule has 1 rings (SSSR count). The highest BCUT2D eigenvalue weighted by atomic mass is 16.5. The van der Waals surface area contributed by atoms with Crippen molar-refractivity contribution < 1.29 is 9.47 Å². The highest BCUT2D eigenvalue weighted by Crippen LogP contribution is 2.04. The summed E-state index contributed by atoms with van der Waals surface area (Å²) in [6.07, 6.45) is 4.86. The molecule has 19 heavy (non-hydrogen) atoms. The Balaban J connectivity index is 2.25. The van der Waals surface area contributed by atoms with Crippen LogP contribution in [0.3, 0.4) is 0 Å². The molecule has 0 aromatic carbocycles. The fraction of sp³-hybridized carbons (Fsp3) is 0.786. The van der Waals surface area contributed by atoms with Crippen molar-refractivity contribution in [3.8, 4) is 0 Å². The van der Waals surface area contributed by atoms with E-state index in [1.165, 1.54) is 0 Å². The van der Waals surface area contributed by atoms with Gasteiger partial charge in [-0.2, -0.15) is 0 Å². The fourth-order valence-electron chi connectivity index (χ4n) is 1.64. The van der Waals surface area contributed by atoms with Gasteiger partial charge in [-0.3, -0.25) is 0 Å². The van der Waals surface area contributed by atoms with Crippen molar-refractivity contribution in [2.24, 2.45) is 0 Å². The summed E-state index contributed by atoms with van der Waals surface area (Å²) in [7, 11) is 1.68. The maximum Gasteiger partial charge on any atom is 0.122 e. The van der Waals surface area contributed by atoms with Crippen LogP contribution < -0.4 is 5.32 Å². The van der Waals surface area contributed by atoms with Gasteiger partial charge in [0, 0.05) is 38.2 Å². The fourth-order valence-corrected chi connectivity index (χ4v) is 1.64. The molecule has 1 heterocycles. The molecular weight excluding hydrogens is 242 g/mol. The summed E-state index contributed by atoms with van der Waals surface area (Å²) in [5, 5.41) is 3.45. The lowest BCUT2D eigenvalue weighted by Crippen LogP contribution is -2.36. The molecule has 0 spiro atoms. The number of nitrogens with one attached hydrogen (secondary N) is 1. The summed E-state index contributed by atoms with van der Waals surface area (Å²) in [5.74, 6) is 1.08. The Morgan fingerprint density at radius 2 is 2.05 bits per heavy atom. The van der Waals surface area contributed by atoms with E-state index in [4.69, 9.17) is 9.47 Å². The number of hydrogen-bond donors (Lipinski definition) is 1. The second-order valence-corrected chi connectivity index (χ2v) is 5.60. The lowest BCUT2D eigenvalue weighted by Gasteiger charge is -2.20. The molecule has 0 atom stereocenters. The predicted molar refractivity (Wildman–Crippen MR) is 76.1 cm³/mol. The first-order chi connectivity index (χ1) is 9.03. The van der Waals surface area contributed by atoms with Gasteiger partial charge in [-0.15, -0.1) is 0 Å². The van der Waals surface area contributed by atoms with Crippen molar-refractivity contribution >= 4 is 0 Å². The van der Waals surface area contributed by atoms with Crippen molar-refractivity contribution in [3.63, 3.8) is 0 Å². The molecule has 0 aliphatic carbocycles. The smallest absolute Gasteiger partial charge is 0.122 e. The van der Waals surface area contributed by atoms with Gasteiger partial charge in [-0.05, 0) is 27.2 Å². The number of rotatable bonds is 9. The number of aromatic nitrogens is 2. The lowest BCUT2D eigenvalue weighted by molar-refractivity contribution is 0.0679. The third-order valence-corrected chi connectivity index (χ3v) is 2.70. The Morgan fingerprint density at radius 1 is 1.26 bits per heavy atom. The van der Waals surface area contributed by atoms with E-state index in [1.54, 1.807) is 7.11 Å². The van der Waals surface area contributed by atoms with Crippen molar-refractivity contribution in [1.82, 2.24) is 14.9 Å². The van der Waals surface area contributed by atoms with Gasteiger partial charge in [-0.25, -0.2) is 4.98 Å². The summed E-state index contributed by atoms with van der Waals surface area (Å²) >= 11 is 0. The molecule has 0 aliphatic rings. The van der Waals surface area contributed by atoms with Gasteiger partial charge in [0.2, 0.25) is 0 Å². The minimum Gasteiger partial charge on any atom is -0.382 e. The zero-order valence-corrected chi connectivity index (χ0v) is 12.6. The van der Waals surface area contributed by atoms with Crippen molar-refractivity contribution in [3.05, 3.63) is 18.2 Å². The molecule has 0 amide bonds. The van der Waals surface area contributed by atoms with Crippen LogP contribution in [0.1, 0.15) is 33.0 Å². The molecule has 0 saturated carbocycles. The van der Waals surface area contributed by atoms with E-state index in [-0.39, 0.29) is 5.54 Å². The Hall–Kier alpha value is -0.910. The van der Waals surface area contributed by atoms with E-state index in [0.29, 0.717) is 13.2 Å². The Morgan fingerprint density at radius 3 is 2.74 bits per heavy atom. The summed E-state index contributed by atoms with van der Waals surface area (Å²) in [6, 6.07) is 0. The standard InChI is InChI=1S/C14H27N3O2/c1-14(2,3)16-12-13-15-6-8-17(13)7-5-9-19-11-10-18-4/h6,8,16H,5,7,9-12H2,1-4H3. The molecule has 0 aliphatic heterocycles. The largest absolute Gasteiger partial charge is 0.382 e. The maximum absolute atomic E-state index is 5.45. The first-order valence-electron chi connectivity index (χ1n) is 6.84. The van der Waals surface area contributed by atoms with Crippen LogP contribution >= 0.6 is 0 Å². The highest BCUT2D eigenvalue weighted by Gasteiger charge is 2.10. The van der Waals surface area contributed by atoms with E-state index in [2.05, 4.69) is 35.6 Å². The van der Waals surface area contributed by atoms with Crippen LogP contribution in [0, 0.1) is 0 Å². The van der Waals surface area contributed by atoms with Crippen molar-refractivity contribution in [2.75, 3.05) is 26.9 Å². The SMILES string of the molecule is COCCOCCCn1ccnc1CNC(C)(C)C. The first-order valence-corrected chi connectivity index (χ1v) is 6.84. The van der Waals surface area contributed by atoms with Crippen LogP contribution in [-0.4, -0.2) is 42.0 Å². The molecule has 0 saturated heterocycles. The van der Waals surface area contributed by atoms with E-state index < -0.39 is 0 Å². The van der Waals surface area contributed by atoms with E-state index >= 15 is 0 Å². The molecule has 0 fully saturated rings. The van der Waals surface area contributed by atoms with Crippen LogP contribution in [0.4, 0.5) is 0 Å². The van der Waals surface area contributed by atoms with Gasteiger partial charge in [0.25, 0.3) is 0 Å². The third-order valence-electron chi connectivity index (χ3n) is 2.70. The van der Waals surface area contributed by atoms with Crippen molar-refractivity contribution in [1.29, 1.82) is 0 Å². The minimum atomic E-state index is 0.111. The zero-order valence-electron chi connectivity index (χ0n) is 12.6. The van der Waals surface area contributed by atoms with E-state index in [1.807, 2.05) is 12.4 Å². The maximum atomic E-state index is 5.45. The lowest BCUT2D eigenvalue weighted by atomic mass is 10.1. The number of hydrogen-bond acceptors (Lipinski definition) is 4. The summed E-state index contributed by atoms with van der Waals surface area (Å²) in [4.78, 5) is 4.39. The average molecular weight is 269 g/mol. The molecule has 0 bridgehead atoms. The van der Waals surface area contributed by atoms with Gasteiger partial charge < -0.3 is 19.4 Å². The number of methoxy groups -OCH3 is 1. The zero-order chi connectivity index (χ0) is 14.1. The number of imidazole rings is 1. The van der Waals surface area contributed by atoms with Crippen LogP contribution in [0.5, 0.6) is 0 Å². The molecule has 110 valence electrons. The monoisotopic (exact) mass is 269 g/mol. The number of ether oxygens (including phenoxy) is 2. The Kier molecular flexibility index (Phi) is 7.05. The Labute approximate surface area is 116 Å². The first kappa shape index (κ1) is 16.1. The number of aryl methyl sites for hydroxylation is 1. The average Bonchev–Trinajstić information content (AvgIpc) is 2.78. The topological polar surface area (TPSA) is 48.3 Å². The van der Waals surface area contributed by atoms with E-state index in [0.717, 1.165) is 31.9 Å². The summed E-state index contributed by atoms with van der Waals surface area (Å²) < 4.78 is 12.6.